The maximum Gasteiger partial charge on any atom is 0.332 e. The highest BCUT2D eigenvalue weighted by molar-refractivity contribution is 5.89. The first-order valence-electron chi connectivity index (χ1n) is 5.44. The number of non-ortho nitro benzene ring substituents is 1. The van der Waals surface area contributed by atoms with Crippen molar-refractivity contribution in [2.45, 2.75) is 0 Å². The van der Waals surface area contributed by atoms with Gasteiger partial charge in [0.1, 0.15) is 0 Å². The predicted octanol–water partition coefficient (Wildman–Crippen LogP) is 0.987. The Morgan fingerprint density at radius 2 is 2.15 bits per heavy atom. The Bertz CT molecular complexity index is 661. The van der Waals surface area contributed by atoms with E-state index in [-0.39, 0.29) is 5.69 Å². The van der Waals surface area contributed by atoms with Crippen LogP contribution in [-0.2, 0) is 0 Å². The third-order valence-corrected chi connectivity index (χ3v) is 2.41. The number of rotatable bonds is 4. The number of nitrogens with two attached hydrogens (primary N) is 1. The van der Waals surface area contributed by atoms with E-state index in [1.54, 1.807) is 12.1 Å². The number of carbonyl (C=O) groups excluding carboxylic acids is 1. The number of benzene rings is 1. The second kappa shape index (κ2) is 5.61. The number of nitro groups is 1. The second-order valence-corrected chi connectivity index (χ2v) is 3.74. The fraction of sp³-hybridized carbons (Fsp3) is 0. The van der Waals surface area contributed by atoms with Gasteiger partial charge >= 0.3 is 6.03 Å². The molecule has 0 fully saturated rings. The molecule has 2 aromatic rings. The lowest BCUT2D eigenvalue weighted by Gasteiger charge is -1.99. The van der Waals surface area contributed by atoms with Gasteiger partial charge in [-0.1, -0.05) is 0 Å². The molecule has 0 saturated carbocycles. The highest BCUT2D eigenvalue weighted by Gasteiger charge is 2.09. The van der Waals surface area contributed by atoms with Crippen molar-refractivity contribution in [3.05, 3.63) is 46.1 Å². The SMILES string of the molecule is NC(=O)N/N=C/c1cn[nH]c1-c1ccc([N+](=O)[O-])cc1. The van der Waals surface area contributed by atoms with Gasteiger partial charge in [-0.2, -0.15) is 10.2 Å². The molecule has 0 spiro atoms. The molecule has 9 nitrogen and oxygen atoms in total. The van der Waals surface area contributed by atoms with Gasteiger partial charge in [0.25, 0.3) is 5.69 Å². The molecular formula is C11H10N6O3. The highest BCUT2D eigenvalue weighted by atomic mass is 16.6. The summed E-state index contributed by atoms with van der Waals surface area (Å²) in [5.41, 5.74) is 8.86. The number of carbonyl (C=O) groups is 1. The molecule has 2 amide bonds. The number of hydrogen-bond donors (Lipinski definition) is 3. The van der Waals surface area contributed by atoms with Crippen LogP contribution in [0, 0.1) is 10.1 Å². The summed E-state index contributed by atoms with van der Waals surface area (Å²) in [5, 5.41) is 20.8. The van der Waals surface area contributed by atoms with Gasteiger partial charge in [0.2, 0.25) is 0 Å². The Morgan fingerprint density at radius 1 is 1.45 bits per heavy atom. The van der Waals surface area contributed by atoms with Gasteiger partial charge < -0.3 is 5.73 Å². The van der Waals surface area contributed by atoms with E-state index in [4.69, 9.17) is 5.73 Å². The van der Waals surface area contributed by atoms with Gasteiger partial charge in [0, 0.05) is 23.3 Å². The number of aromatic amines is 1. The first-order chi connectivity index (χ1) is 9.58. The van der Waals surface area contributed by atoms with Crippen molar-refractivity contribution in [3.63, 3.8) is 0 Å². The lowest BCUT2D eigenvalue weighted by molar-refractivity contribution is -0.384. The van der Waals surface area contributed by atoms with Crippen LogP contribution >= 0.6 is 0 Å². The van der Waals surface area contributed by atoms with Gasteiger partial charge in [-0.3, -0.25) is 15.2 Å². The van der Waals surface area contributed by atoms with Crippen molar-refractivity contribution in [1.82, 2.24) is 15.6 Å². The van der Waals surface area contributed by atoms with Gasteiger partial charge in [0.15, 0.2) is 0 Å². The molecule has 0 saturated heterocycles. The number of nitrogens with one attached hydrogen (secondary N) is 2. The summed E-state index contributed by atoms with van der Waals surface area (Å²) in [4.78, 5) is 20.6. The standard InChI is InChI=1S/C11H10N6O3/c12-11(18)16-14-6-8-5-13-15-10(8)7-1-3-9(4-2-7)17(19)20/h1-6H,(H,13,15)(H3,12,16,18)/b14-6+. The zero-order valence-corrected chi connectivity index (χ0v) is 10.1. The van der Waals surface area contributed by atoms with Crippen LogP contribution in [0.15, 0.2) is 35.6 Å². The molecular weight excluding hydrogens is 264 g/mol. The average molecular weight is 274 g/mol. The molecule has 1 aromatic heterocycles. The molecule has 1 heterocycles. The summed E-state index contributed by atoms with van der Waals surface area (Å²) < 4.78 is 0. The first kappa shape index (κ1) is 13.2. The number of nitro benzene ring substituents is 1. The average Bonchev–Trinajstić information content (AvgIpc) is 2.87. The Kier molecular flexibility index (Phi) is 3.70. The topological polar surface area (TPSA) is 139 Å². The number of amides is 2. The zero-order valence-electron chi connectivity index (χ0n) is 10.1. The van der Waals surface area contributed by atoms with E-state index < -0.39 is 11.0 Å². The van der Waals surface area contributed by atoms with Crippen LogP contribution < -0.4 is 11.2 Å². The third-order valence-electron chi connectivity index (χ3n) is 2.41. The highest BCUT2D eigenvalue weighted by Crippen LogP contribution is 2.22. The smallest absolute Gasteiger partial charge is 0.332 e. The van der Waals surface area contributed by atoms with Crippen molar-refractivity contribution in [2.75, 3.05) is 0 Å². The molecule has 0 atom stereocenters. The van der Waals surface area contributed by atoms with Crippen LogP contribution in [0.3, 0.4) is 0 Å². The van der Waals surface area contributed by atoms with E-state index in [0.717, 1.165) is 0 Å². The summed E-state index contributed by atoms with van der Waals surface area (Å²) in [6.07, 6.45) is 2.87. The van der Waals surface area contributed by atoms with Crippen LogP contribution in [0.2, 0.25) is 0 Å². The fourth-order valence-electron chi connectivity index (χ4n) is 1.54. The predicted molar refractivity (Wildman–Crippen MR) is 71.0 cm³/mol. The van der Waals surface area contributed by atoms with E-state index in [0.29, 0.717) is 16.8 Å². The molecule has 20 heavy (non-hydrogen) atoms. The Morgan fingerprint density at radius 3 is 2.75 bits per heavy atom. The van der Waals surface area contributed by atoms with E-state index in [1.807, 2.05) is 0 Å². The largest absolute Gasteiger partial charge is 0.350 e. The quantitative estimate of drug-likeness (QED) is 0.434. The molecule has 4 N–H and O–H groups in total. The number of nitrogens with zero attached hydrogens (tertiary/aromatic N) is 3. The van der Waals surface area contributed by atoms with Crippen LogP contribution in [-0.4, -0.2) is 27.4 Å². The van der Waals surface area contributed by atoms with Crippen LogP contribution in [0.1, 0.15) is 5.56 Å². The molecule has 0 bridgehead atoms. The minimum Gasteiger partial charge on any atom is -0.350 e. The van der Waals surface area contributed by atoms with Crippen molar-refractivity contribution >= 4 is 17.9 Å². The summed E-state index contributed by atoms with van der Waals surface area (Å²) in [5.74, 6) is 0. The molecule has 2 rings (SSSR count). The number of H-pyrrole nitrogens is 1. The zero-order chi connectivity index (χ0) is 14.5. The van der Waals surface area contributed by atoms with Gasteiger partial charge in [-0.05, 0) is 12.1 Å². The second-order valence-electron chi connectivity index (χ2n) is 3.74. The molecule has 1 aromatic carbocycles. The normalized spacial score (nSPS) is 10.6. The van der Waals surface area contributed by atoms with Crippen LogP contribution in [0.5, 0.6) is 0 Å². The van der Waals surface area contributed by atoms with Crippen LogP contribution in [0.4, 0.5) is 10.5 Å². The minimum absolute atomic E-state index is 0.00104. The number of hydrogen-bond acceptors (Lipinski definition) is 5. The van der Waals surface area contributed by atoms with Gasteiger partial charge in [0.05, 0.1) is 23.0 Å². The molecule has 9 heteroatoms. The molecule has 0 aliphatic rings. The third kappa shape index (κ3) is 2.96. The number of aromatic nitrogens is 2. The fourth-order valence-corrected chi connectivity index (χ4v) is 1.54. The van der Waals surface area contributed by atoms with Crippen molar-refractivity contribution in [1.29, 1.82) is 0 Å². The first-order valence-corrected chi connectivity index (χ1v) is 5.44. The van der Waals surface area contributed by atoms with Gasteiger partial charge in [-0.25, -0.2) is 10.2 Å². The Balaban J connectivity index is 2.25. The molecule has 0 aliphatic heterocycles. The Hall–Kier alpha value is -3.23. The van der Waals surface area contributed by atoms with Gasteiger partial charge in [-0.15, -0.1) is 0 Å². The maximum absolute atomic E-state index is 10.6. The number of urea groups is 1. The lowest BCUT2D eigenvalue weighted by Crippen LogP contribution is -2.24. The van der Waals surface area contributed by atoms with E-state index in [9.17, 15) is 14.9 Å². The van der Waals surface area contributed by atoms with Crippen molar-refractivity contribution in [3.8, 4) is 11.3 Å². The van der Waals surface area contributed by atoms with Crippen molar-refractivity contribution < 1.29 is 9.72 Å². The number of primary amides is 1. The van der Waals surface area contributed by atoms with Crippen molar-refractivity contribution in [2.24, 2.45) is 10.8 Å². The summed E-state index contributed by atoms with van der Waals surface area (Å²) >= 11 is 0. The molecule has 0 radical (unpaired) electrons. The molecule has 102 valence electrons. The summed E-state index contributed by atoms with van der Waals surface area (Å²) in [6, 6.07) is 5.17. The van der Waals surface area contributed by atoms with Crippen LogP contribution in [0.25, 0.3) is 11.3 Å². The monoisotopic (exact) mass is 274 g/mol. The summed E-state index contributed by atoms with van der Waals surface area (Å²) in [7, 11) is 0. The van der Waals surface area contributed by atoms with E-state index >= 15 is 0 Å². The molecule has 0 aliphatic carbocycles. The van der Waals surface area contributed by atoms with E-state index in [1.165, 1.54) is 24.5 Å². The Labute approximate surface area is 112 Å². The summed E-state index contributed by atoms with van der Waals surface area (Å²) in [6.45, 7) is 0. The minimum atomic E-state index is -0.776. The number of hydrazone groups is 1. The lowest BCUT2D eigenvalue weighted by atomic mass is 10.1. The molecule has 0 unspecified atom stereocenters. The maximum atomic E-state index is 10.6. The van der Waals surface area contributed by atoms with E-state index in [2.05, 4.69) is 20.7 Å².